The number of nitrogens with zero attached hydrogens (tertiary/aromatic N) is 1. The largest absolute Gasteiger partial charge is 0.459 e. The van der Waals surface area contributed by atoms with Gasteiger partial charge >= 0.3 is 5.97 Å². The number of hydrogen-bond acceptors (Lipinski definition) is 7. The molecule has 0 aromatic heterocycles. The number of ketones is 1. The Labute approximate surface area is 247 Å². The van der Waals surface area contributed by atoms with Gasteiger partial charge in [0.25, 0.3) is 0 Å². The molecule has 2 amide bonds. The molecular weight excluding hydrogens is 562 g/mol. The fraction of sp³-hybridized carbons (Fsp3) is 0.621. The van der Waals surface area contributed by atoms with Crippen LogP contribution in [-0.4, -0.2) is 55.3 Å². The Morgan fingerprint density at radius 2 is 1.76 bits per heavy atom. The van der Waals surface area contributed by atoms with Gasteiger partial charge in [-0.15, -0.1) is 0 Å². The molecule has 0 aliphatic heterocycles. The average molecular weight is 606 g/mol. The number of hydrogen-bond donors (Lipinski definition) is 4. The number of sulfonamides is 1. The van der Waals surface area contributed by atoms with Crippen LogP contribution >= 0.6 is 0 Å². The van der Waals surface area contributed by atoms with Crippen LogP contribution in [-0.2, 0) is 40.4 Å². The second-order valence-corrected chi connectivity index (χ2v) is 14.6. The maximum atomic E-state index is 13.5. The SMILES string of the molecule is CC(C)(C)OC(=O)[C@H](Cc1ccc(NC(=O)CCCC(=O)N=C(N)N)cc1)NS(=O)(=O)C[C@]12CCC(CC1=O)C2(C)C. The van der Waals surface area contributed by atoms with Gasteiger partial charge in [-0.05, 0) is 75.5 Å². The van der Waals surface area contributed by atoms with Crippen molar-refractivity contribution in [1.29, 1.82) is 0 Å². The number of amides is 2. The van der Waals surface area contributed by atoms with Gasteiger partial charge in [-0.2, -0.15) is 4.99 Å². The summed E-state index contributed by atoms with van der Waals surface area (Å²) in [6.07, 6.45) is 2.09. The van der Waals surface area contributed by atoms with Gasteiger partial charge in [0.2, 0.25) is 21.8 Å². The Morgan fingerprint density at radius 1 is 1.12 bits per heavy atom. The normalized spacial score (nSPS) is 21.9. The van der Waals surface area contributed by atoms with E-state index in [4.69, 9.17) is 16.2 Å². The van der Waals surface area contributed by atoms with Crippen LogP contribution in [0, 0.1) is 16.7 Å². The first-order valence-corrected chi connectivity index (χ1v) is 15.8. The van der Waals surface area contributed by atoms with E-state index in [-0.39, 0.29) is 55.0 Å². The first kappa shape index (κ1) is 33.2. The van der Waals surface area contributed by atoms with Crippen molar-refractivity contribution < 1.29 is 32.3 Å². The lowest BCUT2D eigenvalue weighted by molar-refractivity contribution is -0.156. The molecule has 3 atom stereocenters. The molecule has 1 unspecified atom stereocenters. The van der Waals surface area contributed by atoms with E-state index in [2.05, 4.69) is 15.0 Å². The van der Waals surface area contributed by atoms with Crippen molar-refractivity contribution >= 4 is 45.2 Å². The van der Waals surface area contributed by atoms with E-state index in [1.54, 1.807) is 45.0 Å². The number of esters is 1. The van der Waals surface area contributed by atoms with Crippen LogP contribution in [0.1, 0.15) is 78.7 Å². The van der Waals surface area contributed by atoms with Crippen molar-refractivity contribution in [2.45, 2.75) is 91.2 Å². The molecule has 6 N–H and O–H groups in total. The number of ether oxygens (including phenoxy) is 1. The van der Waals surface area contributed by atoms with Crippen molar-refractivity contribution in [2.24, 2.45) is 33.2 Å². The Morgan fingerprint density at radius 3 is 2.29 bits per heavy atom. The minimum Gasteiger partial charge on any atom is -0.459 e. The predicted octanol–water partition coefficient (Wildman–Crippen LogP) is 2.16. The number of fused-ring (bicyclic) bond motifs is 2. The van der Waals surface area contributed by atoms with E-state index in [0.717, 1.165) is 6.42 Å². The zero-order chi connectivity index (χ0) is 31.5. The van der Waals surface area contributed by atoms with Gasteiger partial charge in [0.15, 0.2) is 5.96 Å². The van der Waals surface area contributed by atoms with Crippen molar-refractivity contribution in [3.63, 3.8) is 0 Å². The molecule has 2 fully saturated rings. The summed E-state index contributed by atoms with van der Waals surface area (Å²) in [6, 6.07) is 5.40. The Kier molecular flexibility index (Phi) is 9.88. The van der Waals surface area contributed by atoms with Crippen LogP contribution in [0.4, 0.5) is 5.69 Å². The third kappa shape index (κ3) is 8.15. The molecule has 1 aromatic rings. The molecule has 2 aliphatic rings. The first-order valence-electron chi connectivity index (χ1n) is 14.1. The van der Waals surface area contributed by atoms with Gasteiger partial charge in [-0.3, -0.25) is 19.2 Å². The fourth-order valence-electron chi connectivity index (χ4n) is 6.02. The molecule has 0 radical (unpaired) electrons. The number of Topliss-reactive ketones (excluding diaryl/α,β-unsaturated/α-hetero) is 1. The minimum atomic E-state index is -4.05. The number of carbonyl (C=O) groups is 4. The van der Waals surface area contributed by atoms with Gasteiger partial charge in [0.1, 0.15) is 17.4 Å². The van der Waals surface area contributed by atoms with E-state index < -0.39 is 44.4 Å². The Bertz CT molecular complexity index is 1350. The predicted molar refractivity (Wildman–Crippen MR) is 159 cm³/mol. The number of carbonyl (C=O) groups excluding carboxylic acids is 4. The van der Waals surface area contributed by atoms with E-state index in [0.29, 0.717) is 24.1 Å². The van der Waals surface area contributed by atoms with Crippen molar-refractivity contribution in [3.8, 4) is 0 Å². The number of anilines is 1. The topological polar surface area (TPSA) is 200 Å². The number of aliphatic imine (C=N–C) groups is 1. The maximum absolute atomic E-state index is 13.5. The molecule has 2 saturated carbocycles. The molecule has 232 valence electrons. The Hall–Kier alpha value is -3.32. The highest BCUT2D eigenvalue weighted by Gasteiger charge is 2.65. The minimum absolute atomic E-state index is 0.00222. The van der Waals surface area contributed by atoms with Crippen LogP contribution in [0.25, 0.3) is 0 Å². The quantitative estimate of drug-likeness (QED) is 0.156. The summed E-state index contributed by atoms with van der Waals surface area (Å²) in [5, 5.41) is 2.73. The molecule has 0 saturated heterocycles. The van der Waals surface area contributed by atoms with Gasteiger partial charge in [0.05, 0.1) is 5.75 Å². The Balaban J connectivity index is 1.68. The van der Waals surface area contributed by atoms with E-state index in [1.165, 1.54) is 0 Å². The highest BCUT2D eigenvalue weighted by molar-refractivity contribution is 7.89. The third-order valence-electron chi connectivity index (χ3n) is 8.31. The summed E-state index contributed by atoms with van der Waals surface area (Å²) >= 11 is 0. The zero-order valence-corrected chi connectivity index (χ0v) is 25.8. The van der Waals surface area contributed by atoms with E-state index in [1.807, 2.05) is 13.8 Å². The van der Waals surface area contributed by atoms with Crippen LogP contribution in [0.3, 0.4) is 0 Å². The van der Waals surface area contributed by atoms with Crippen LogP contribution < -0.4 is 21.5 Å². The summed E-state index contributed by atoms with van der Waals surface area (Å²) in [6.45, 7) is 9.01. The summed E-state index contributed by atoms with van der Waals surface area (Å²) in [7, 11) is -4.05. The summed E-state index contributed by atoms with van der Waals surface area (Å²) in [5.74, 6) is -2.10. The molecule has 2 aliphatic carbocycles. The van der Waals surface area contributed by atoms with Crippen LogP contribution in [0.2, 0.25) is 0 Å². The lowest BCUT2D eigenvalue weighted by Crippen LogP contribution is -2.50. The van der Waals surface area contributed by atoms with Crippen molar-refractivity contribution in [1.82, 2.24) is 4.72 Å². The number of nitrogens with one attached hydrogen (secondary N) is 2. The molecule has 12 nitrogen and oxygen atoms in total. The lowest BCUT2D eigenvalue weighted by Gasteiger charge is -2.36. The third-order valence-corrected chi connectivity index (χ3v) is 9.83. The lowest BCUT2D eigenvalue weighted by atomic mass is 9.70. The second kappa shape index (κ2) is 12.5. The van der Waals surface area contributed by atoms with Crippen molar-refractivity contribution in [2.75, 3.05) is 11.1 Å². The molecular formula is C29H43N5O7S. The summed E-state index contributed by atoms with van der Waals surface area (Å²) in [4.78, 5) is 53.2. The molecule has 42 heavy (non-hydrogen) atoms. The average Bonchev–Trinajstić information content (AvgIpc) is 3.17. The standard InChI is InChI=1S/C29H43N5O7S/c1-27(2,3)41-25(38)21(34-42(39,40)17-29-14-13-19(16-22(29)35)28(29,4)5)15-18-9-11-20(12-10-18)32-23(36)7-6-8-24(37)33-26(30)31/h9-12,19,21,34H,6-8,13-17H2,1-5H3,(H,32,36)(H4,30,31,33,37)/t19?,21-,29+/m0/s1. The summed E-state index contributed by atoms with van der Waals surface area (Å²) < 4.78 is 35.0. The molecule has 0 spiro atoms. The number of benzene rings is 1. The highest BCUT2D eigenvalue weighted by Crippen LogP contribution is 2.64. The van der Waals surface area contributed by atoms with Gasteiger partial charge in [-0.25, -0.2) is 13.1 Å². The van der Waals surface area contributed by atoms with Crippen LogP contribution in [0.5, 0.6) is 0 Å². The molecule has 1 aromatic carbocycles. The number of nitrogens with two attached hydrogens (primary N) is 2. The smallest absolute Gasteiger partial charge is 0.325 e. The molecule has 0 heterocycles. The first-order chi connectivity index (χ1) is 19.3. The number of rotatable bonds is 12. The summed E-state index contributed by atoms with van der Waals surface area (Å²) in [5.41, 5.74) is 9.18. The van der Waals surface area contributed by atoms with Crippen molar-refractivity contribution in [3.05, 3.63) is 29.8 Å². The fourth-order valence-corrected chi connectivity index (χ4v) is 8.04. The maximum Gasteiger partial charge on any atom is 0.325 e. The van der Waals surface area contributed by atoms with E-state index in [9.17, 15) is 27.6 Å². The second-order valence-electron chi connectivity index (χ2n) is 12.9. The zero-order valence-electron chi connectivity index (χ0n) is 25.0. The molecule has 3 rings (SSSR count). The monoisotopic (exact) mass is 605 g/mol. The van der Waals surface area contributed by atoms with Gasteiger partial charge in [-0.1, -0.05) is 26.0 Å². The van der Waals surface area contributed by atoms with Gasteiger partial charge < -0.3 is 21.5 Å². The van der Waals surface area contributed by atoms with Crippen LogP contribution in [0.15, 0.2) is 29.3 Å². The van der Waals surface area contributed by atoms with E-state index >= 15 is 0 Å². The van der Waals surface area contributed by atoms with Gasteiger partial charge in [0, 0.05) is 30.4 Å². The molecule has 13 heteroatoms. The molecule has 2 bridgehead atoms. The highest BCUT2D eigenvalue weighted by atomic mass is 32.2. The number of guanidine groups is 1.